The Morgan fingerprint density at radius 1 is 1.07 bits per heavy atom. The van der Waals surface area contributed by atoms with Crippen molar-refractivity contribution in [2.24, 2.45) is 5.92 Å². The first kappa shape index (κ1) is 19.4. The van der Waals surface area contributed by atoms with Gasteiger partial charge in [0, 0.05) is 13.1 Å². The van der Waals surface area contributed by atoms with E-state index in [2.05, 4.69) is 23.1 Å². The second-order valence-electron chi connectivity index (χ2n) is 6.62. The number of hydrogen-bond donors (Lipinski definition) is 3. The van der Waals surface area contributed by atoms with Crippen LogP contribution in [0.15, 0.2) is 48.5 Å². The lowest BCUT2D eigenvalue weighted by Crippen LogP contribution is -2.34. The number of aryl methyl sites for hydroxylation is 1. The minimum atomic E-state index is -4.36. The summed E-state index contributed by atoms with van der Waals surface area (Å²) in [5.74, 6) is -0.441. The number of rotatable bonds is 5. The van der Waals surface area contributed by atoms with E-state index in [-0.39, 0.29) is 24.4 Å². The molecule has 3 N–H and O–H groups in total. The van der Waals surface area contributed by atoms with Gasteiger partial charge in [-0.05, 0) is 35.2 Å². The average molecular weight is 377 g/mol. The van der Waals surface area contributed by atoms with Crippen molar-refractivity contribution in [1.29, 1.82) is 0 Å². The molecule has 7 heteroatoms. The van der Waals surface area contributed by atoms with Gasteiger partial charge in [0.05, 0.1) is 17.5 Å². The number of hydrogen-bond acceptors (Lipinski definition) is 3. The van der Waals surface area contributed by atoms with Crippen LogP contribution in [0.4, 0.5) is 13.2 Å². The maximum absolute atomic E-state index is 12.6. The highest BCUT2D eigenvalue weighted by Crippen LogP contribution is 2.29. The van der Waals surface area contributed by atoms with E-state index >= 15 is 0 Å². The van der Waals surface area contributed by atoms with Crippen LogP contribution in [0.3, 0.4) is 0 Å². The Morgan fingerprint density at radius 2 is 1.70 bits per heavy atom. The van der Waals surface area contributed by atoms with Crippen molar-refractivity contribution in [3.05, 3.63) is 70.8 Å². The van der Waals surface area contributed by atoms with E-state index in [0.717, 1.165) is 24.1 Å². The third-order valence-electron chi connectivity index (χ3n) is 4.81. The fraction of sp³-hybridized carbons (Fsp3) is 0.350. The van der Waals surface area contributed by atoms with Crippen LogP contribution in [-0.4, -0.2) is 12.5 Å². The first-order chi connectivity index (χ1) is 12.9. The first-order valence-corrected chi connectivity index (χ1v) is 8.89. The summed E-state index contributed by atoms with van der Waals surface area (Å²) in [6.45, 7) is 2.76. The zero-order chi connectivity index (χ0) is 19.4. The molecule has 144 valence electrons. The minimum Gasteiger partial charge on any atom is -0.352 e. The lowest BCUT2D eigenvalue weighted by molar-refractivity contribution is -0.137. The van der Waals surface area contributed by atoms with Crippen molar-refractivity contribution in [1.82, 2.24) is 16.2 Å². The Hall–Kier alpha value is -2.38. The maximum atomic E-state index is 12.6. The predicted octanol–water partition coefficient (Wildman–Crippen LogP) is 3.35. The van der Waals surface area contributed by atoms with Crippen LogP contribution >= 0.6 is 0 Å². The zero-order valence-corrected chi connectivity index (χ0v) is 14.9. The Bertz CT molecular complexity index is 773. The third kappa shape index (κ3) is 4.67. The molecule has 0 aromatic heterocycles. The third-order valence-corrected chi connectivity index (χ3v) is 4.81. The molecule has 2 aromatic carbocycles. The molecule has 0 saturated carbocycles. The Kier molecular flexibility index (Phi) is 5.82. The monoisotopic (exact) mass is 377 g/mol. The van der Waals surface area contributed by atoms with E-state index < -0.39 is 11.7 Å². The number of carbonyl (C=O) groups is 1. The molecule has 0 spiro atoms. The molecule has 2 unspecified atom stereocenters. The first-order valence-electron chi connectivity index (χ1n) is 8.89. The van der Waals surface area contributed by atoms with Crippen LogP contribution in [0, 0.1) is 5.92 Å². The van der Waals surface area contributed by atoms with Crippen molar-refractivity contribution in [2.75, 3.05) is 6.54 Å². The molecule has 1 heterocycles. The molecule has 1 fully saturated rings. The molecular weight excluding hydrogens is 355 g/mol. The number of hydrazine groups is 1. The second kappa shape index (κ2) is 8.10. The Morgan fingerprint density at radius 3 is 2.30 bits per heavy atom. The van der Waals surface area contributed by atoms with Crippen LogP contribution in [0.5, 0.6) is 0 Å². The molecule has 0 aliphatic carbocycles. The lowest BCUT2D eigenvalue weighted by atomic mass is 9.93. The molecule has 0 radical (unpaired) electrons. The van der Waals surface area contributed by atoms with Gasteiger partial charge >= 0.3 is 6.18 Å². The van der Waals surface area contributed by atoms with Gasteiger partial charge in [0.25, 0.3) is 0 Å². The summed E-state index contributed by atoms with van der Waals surface area (Å²) < 4.78 is 37.8. The normalized spacial score (nSPS) is 19.9. The molecule has 3 rings (SSSR count). The number of amides is 1. The molecule has 1 saturated heterocycles. The number of nitrogens with one attached hydrogen (secondary N) is 3. The smallest absolute Gasteiger partial charge is 0.352 e. The topological polar surface area (TPSA) is 53.2 Å². The van der Waals surface area contributed by atoms with Crippen LogP contribution < -0.4 is 16.2 Å². The highest BCUT2D eigenvalue weighted by molar-refractivity contribution is 5.80. The quantitative estimate of drug-likeness (QED) is 0.749. The molecule has 1 amide bonds. The summed E-state index contributed by atoms with van der Waals surface area (Å²) in [7, 11) is 0. The summed E-state index contributed by atoms with van der Waals surface area (Å²) in [6.07, 6.45) is -3.41. The van der Waals surface area contributed by atoms with Gasteiger partial charge in [0.15, 0.2) is 0 Å². The van der Waals surface area contributed by atoms with Crippen molar-refractivity contribution in [3.8, 4) is 0 Å². The highest BCUT2D eigenvalue weighted by atomic mass is 19.4. The maximum Gasteiger partial charge on any atom is 0.416 e. The molecule has 0 bridgehead atoms. The van der Waals surface area contributed by atoms with Crippen LogP contribution in [0.25, 0.3) is 0 Å². The number of carbonyl (C=O) groups excluding carboxylic acids is 1. The van der Waals surface area contributed by atoms with Gasteiger partial charge in [0.1, 0.15) is 0 Å². The number of halogens is 3. The molecule has 4 nitrogen and oxygen atoms in total. The summed E-state index contributed by atoms with van der Waals surface area (Å²) >= 11 is 0. The van der Waals surface area contributed by atoms with Crippen molar-refractivity contribution in [3.63, 3.8) is 0 Å². The highest BCUT2D eigenvalue weighted by Gasteiger charge is 2.34. The van der Waals surface area contributed by atoms with Gasteiger partial charge in [-0.3, -0.25) is 10.2 Å². The average Bonchev–Trinajstić information content (AvgIpc) is 3.16. The second-order valence-corrected chi connectivity index (χ2v) is 6.62. The zero-order valence-electron chi connectivity index (χ0n) is 14.9. The fourth-order valence-electron chi connectivity index (χ4n) is 3.15. The van der Waals surface area contributed by atoms with E-state index in [0.29, 0.717) is 12.1 Å². The fourth-order valence-corrected chi connectivity index (χ4v) is 3.15. The molecule has 1 aliphatic rings. The molecule has 2 aromatic rings. The molecular formula is C20H22F3N3O. The predicted molar refractivity (Wildman–Crippen MR) is 96.5 cm³/mol. The van der Waals surface area contributed by atoms with Crippen LogP contribution in [-0.2, 0) is 23.9 Å². The Labute approximate surface area is 156 Å². The van der Waals surface area contributed by atoms with Gasteiger partial charge in [-0.2, -0.15) is 13.2 Å². The Balaban J connectivity index is 1.61. The lowest BCUT2D eigenvalue weighted by Gasteiger charge is -2.19. The van der Waals surface area contributed by atoms with Gasteiger partial charge < -0.3 is 5.32 Å². The minimum absolute atomic E-state index is 0.142. The van der Waals surface area contributed by atoms with E-state index in [4.69, 9.17) is 0 Å². The van der Waals surface area contributed by atoms with Crippen LogP contribution in [0.1, 0.15) is 35.2 Å². The SMILES string of the molecule is CCc1ccc(C2NNCC2C(=O)NCc2ccc(C(F)(F)F)cc2)cc1. The number of alkyl halides is 3. The summed E-state index contributed by atoms with van der Waals surface area (Å²) in [5.41, 5.74) is 8.32. The van der Waals surface area contributed by atoms with Gasteiger partial charge in [-0.15, -0.1) is 0 Å². The molecule has 27 heavy (non-hydrogen) atoms. The van der Waals surface area contributed by atoms with Crippen molar-refractivity contribution < 1.29 is 18.0 Å². The molecule has 1 aliphatic heterocycles. The van der Waals surface area contributed by atoms with Gasteiger partial charge in [-0.25, -0.2) is 5.43 Å². The number of benzene rings is 2. The summed E-state index contributed by atoms with van der Waals surface area (Å²) in [5, 5.41) is 2.82. The van der Waals surface area contributed by atoms with E-state index in [1.807, 2.05) is 24.3 Å². The van der Waals surface area contributed by atoms with Crippen molar-refractivity contribution >= 4 is 5.91 Å². The standard InChI is InChI=1S/C20H22F3N3O/c1-2-13-3-7-15(8-4-13)18-17(12-25-26-18)19(27)24-11-14-5-9-16(10-6-14)20(21,22)23/h3-10,17-18,25-26H,2,11-12H2,1H3,(H,24,27). The van der Waals surface area contributed by atoms with Gasteiger partial charge in [0.2, 0.25) is 5.91 Å². The van der Waals surface area contributed by atoms with E-state index in [1.165, 1.54) is 17.7 Å². The largest absolute Gasteiger partial charge is 0.416 e. The van der Waals surface area contributed by atoms with Crippen molar-refractivity contribution in [2.45, 2.75) is 32.1 Å². The molecule has 2 atom stereocenters. The van der Waals surface area contributed by atoms with E-state index in [1.54, 1.807) is 0 Å². The summed E-state index contributed by atoms with van der Waals surface area (Å²) in [4.78, 5) is 12.6. The van der Waals surface area contributed by atoms with E-state index in [9.17, 15) is 18.0 Å². The summed E-state index contributed by atoms with van der Waals surface area (Å²) in [6, 6.07) is 12.8. The van der Waals surface area contributed by atoms with Gasteiger partial charge in [-0.1, -0.05) is 43.3 Å². The van der Waals surface area contributed by atoms with Crippen LogP contribution in [0.2, 0.25) is 0 Å².